The molecule has 1 heterocycles. The van der Waals surface area contributed by atoms with E-state index < -0.39 is 0 Å². The van der Waals surface area contributed by atoms with E-state index in [0.717, 1.165) is 24.3 Å². The van der Waals surface area contributed by atoms with Gasteiger partial charge in [-0.25, -0.2) is 5.06 Å². The van der Waals surface area contributed by atoms with E-state index in [4.69, 9.17) is 0 Å². The van der Waals surface area contributed by atoms with Crippen LogP contribution in [0.25, 0.3) is 0 Å². The average Bonchev–Trinajstić information content (AvgIpc) is 2.43. The van der Waals surface area contributed by atoms with Gasteiger partial charge in [-0.05, 0) is 32.1 Å². The Morgan fingerprint density at radius 2 is 2.08 bits per heavy atom. The summed E-state index contributed by atoms with van der Waals surface area (Å²) in [7, 11) is 0. The molecule has 0 radical (unpaired) electrons. The Morgan fingerprint density at radius 1 is 1.46 bits per heavy atom. The minimum absolute atomic E-state index is 0.108. The fourth-order valence-corrected chi connectivity index (χ4v) is 2.72. The molecule has 0 aromatic carbocycles. The number of carbonyl (C=O) groups excluding carboxylic acids is 1. The zero-order chi connectivity index (χ0) is 9.85. The van der Waals surface area contributed by atoms with Gasteiger partial charge in [0.1, 0.15) is 0 Å². The van der Waals surface area contributed by atoms with Gasteiger partial charge in [-0.3, -0.25) is 10.0 Å². The molecule has 1 saturated heterocycles. The summed E-state index contributed by atoms with van der Waals surface area (Å²) in [6.45, 7) is 5.85. The summed E-state index contributed by atoms with van der Waals surface area (Å²) in [6, 6.07) is 0. The third-order valence-corrected chi connectivity index (χ3v) is 3.99. The maximum Gasteiger partial charge on any atom is 0.252 e. The summed E-state index contributed by atoms with van der Waals surface area (Å²) >= 11 is 0. The van der Waals surface area contributed by atoms with Crippen LogP contribution in [0.15, 0.2) is 0 Å². The molecule has 1 N–H and O–H groups in total. The second-order valence-corrected chi connectivity index (χ2v) is 5.28. The average molecular weight is 183 g/mol. The molecule has 3 heteroatoms. The molecule has 1 saturated carbocycles. The van der Waals surface area contributed by atoms with Crippen LogP contribution in [0, 0.1) is 11.3 Å². The highest BCUT2D eigenvalue weighted by molar-refractivity contribution is 5.83. The molecule has 1 aliphatic heterocycles. The van der Waals surface area contributed by atoms with Crippen molar-refractivity contribution in [1.82, 2.24) is 5.06 Å². The van der Waals surface area contributed by atoms with E-state index in [-0.39, 0.29) is 16.9 Å². The van der Waals surface area contributed by atoms with Crippen molar-refractivity contribution < 1.29 is 10.0 Å². The molecule has 13 heavy (non-hydrogen) atoms. The second-order valence-electron chi connectivity index (χ2n) is 5.28. The molecule has 2 atom stereocenters. The van der Waals surface area contributed by atoms with Gasteiger partial charge in [-0.15, -0.1) is 0 Å². The van der Waals surface area contributed by atoms with Crippen molar-refractivity contribution in [2.24, 2.45) is 11.3 Å². The van der Waals surface area contributed by atoms with Gasteiger partial charge >= 0.3 is 0 Å². The monoisotopic (exact) mass is 183 g/mol. The first-order chi connectivity index (χ1) is 5.88. The first kappa shape index (κ1) is 9.00. The van der Waals surface area contributed by atoms with Gasteiger partial charge in [-0.1, -0.05) is 13.8 Å². The van der Waals surface area contributed by atoms with Crippen molar-refractivity contribution in [2.45, 2.75) is 45.6 Å². The number of nitrogens with zero attached hydrogens (tertiary/aromatic N) is 1. The Hall–Kier alpha value is -0.570. The Bertz CT molecular complexity index is 262. The second kappa shape index (κ2) is 2.27. The van der Waals surface area contributed by atoms with Crippen LogP contribution in [0.5, 0.6) is 0 Å². The molecular formula is C10H17NO2. The predicted octanol–water partition coefficient (Wildman–Crippen LogP) is 1.80. The van der Waals surface area contributed by atoms with E-state index in [2.05, 4.69) is 0 Å². The zero-order valence-electron chi connectivity index (χ0n) is 8.50. The standard InChI is InChI=1S/C10H17NO2/c1-9(2)7-4-5-10(3,6-7)11(13)8(9)12/h7,13H,4-6H2,1-3H3. The minimum atomic E-state index is -0.370. The topological polar surface area (TPSA) is 40.5 Å². The maximum atomic E-state index is 11.8. The lowest BCUT2D eigenvalue weighted by molar-refractivity contribution is -0.212. The van der Waals surface area contributed by atoms with Gasteiger partial charge in [0.15, 0.2) is 0 Å². The van der Waals surface area contributed by atoms with Crippen molar-refractivity contribution in [3.8, 4) is 0 Å². The highest BCUT2D eigenvalue weighted by atomic mass is 16.5. The summed E-state index contributed by atoms with van der Waals surface area (Å²) in [5, 5.41) is 10.7. The number of carbonyl (C=O) groups is 1. The number of hydroxylamine groups is 2. The molecule has 0 aromatic heterocycles. The van der Waals surface area contributed by atoms with Crippen LogP contribution in [0.3, 0.4) is 0 Å². The smallest absolute Gasteiger partial charge is 0.252 e. The molecule has 3 nitrogen and oxygen atoms in total. The first-order valence-corrected chi connectivity index (χ1v) is 4.91. The number of rotatable bonds is 0. The van der Waals surface area contributed by atoms with Gasteiger partial charge in [0.2, 0.25) is 0 Å². The molecule has 2 fully saturated rings. The number of piperidine rings is 1. The molecule has 2 rings (SSSR count). The lowest BCUT2D eigenvalue weighted by atomic mass is 9.73. The number of fused-ring (bicyclic) bond motifs is 2. The lowest BCUT2D eigenvalue weighted by Gasteiger charge is -2.44. The number of hydrogen-bond acceptors (Lipinski definition) is 2. The van der Waals surface area contributed by atoms with E-state index in [1.54, 1.807) is 0 Å². The normalized spacial score (nSPS) is 42.6. The third kappa shape index (κ3) is 0.966. The van der Waals surface area contributed by atoms with Gasteiger partial charge < -0.3 is 0 Å². The zero-order valence-corrected chi connectivity index (χ0v) is 8.50. The van der Waals surface area contributed by atoms with Crippen LogP contribution in [-0.4, -0.2) is 21.7 Å². The molecule has 1 amide bonds. The minimum Gasteiger partial charge on any atom is -0.285 e. The molecule has 1 aliphatic carbocycles. The quantitative estimate of drug-likeness (QED) is 0.582. The fraction of sp³-hybridized carbons (Fsp3) is 0.900. The summed E-state index contributed by atoms with van der Waals surface area (Å²) < 4.78 is 0. The van der Waals surface area contributed by atoms with Crippen LogP contribution < -0.4 is 0 Å². The summed E-state index contributed by atoms with van der Waals surface area (Å²) in [5.41, 5.74) is -0.651. The number of amides is 1. The molecule has 0 aromatic rings. The lowest BCUT2D eigenvalue weighted by Crippen LogP contribution is -2.56. The summed E-state index contributed by atoms with van der Waals surface area (Å²) in [6.07, 6.45) is 2.94. The van der Waals surface area contributed by atoms with E-state index in [0.29, 0.717) is 5.92 Å². The van der Waals surface area contributed by atoms with Crippen LogP contribution in [0.4, 0.5) is 0 Å². The third-order valence-electron chi connectivity index (χ3n) is 3.99. The Labute approximate surface area is 78.7 Å². The summed E-state index contributed by atoms with van der Waals surface area (Å²) in [5.74, 6) is 0.345. The largest absolute Gasteiger partial charge is 0.285 e. The molecule has 2 unspecified atom stereocenters. The van der Waals surface area contributed by atoms with Crippen molar-refractivity contribution in [1.29, 1.82) is 0 Å². The van der Waals surface area contributed by atoms with E-state index in [9.17, 15) is 10.0 Å². The van der Waals surface area contributed by atoms with E-state index >= 15 is 0 Å². The van der Waals surface area contributed by atoms with Gasteiger partial charge in [0.05, 0.1) is 5.54 Å². The van der Waals surface area contributed by atoms with Crippen molar-refractivity contribution >= 4 is 5.91 Å². The van der Waals surface area contributed by atoms with Crippen LogP contribution >= 0.6 is 0 Å². The Kier molecular flexibility index (Phi) is 1.57. The van der Waals surface area contributed by atoms with Crippen LogP contribution in [-0.2, 0) is 4.79 Å². The van der Waals surface area contributed by atoms with E-state index in [1.807, 2.05) is 20.8 Å². The molecular weight excluding hydrogens is 166 g/mol. The predicted molar refractivity (Wildman–Crippen MR) is 48.2 cm³/mol. The Morgan fingerprint density at radius 3 is 2.69 bits per heavy atom. The van der Waals surface area contributed by atoms with Gasteiger partial charge in [-0.2, -0.15) is 0 Å². The molecule has 74 valence electrons. The van der Waals surface area contributed by atoms with Gasteiger partial charge in [0.25, 0.3) is 5.91 Å². The molecule has 2 aliphatic rings. The maximum absolute atomic E-state index is 11.8. The first-order valence-electron chi connectivity index (χ1n) is 4.91. The van der Waals surface area contributed by atoms with Crippen molar-refractivity contribution in [2.75, 3.05) is 0 Å². The highest BCUT2D eigenvalue weighted by Gasteiger charge is 2.56. The Balaban J connectivity index is 2.39. The van der Waals surface area contributed by atoms with Crippen LogP contribution in [0.2, 0.25) is 0 Å². The molecule has 0 spiro atoms. The van der Waals surface area contributed by atoms with Crippen molar-refractivity contribution in [3.05, 3.63) is 0 Å². The van der Waals surface area contributed by atoms with Crippen LogP contribution in [0.1, 0.15) is 40.0 Å². The van der Waals surface area contributed by atoms with E-state index in [1.165, 1.54) is 0 Å². The van der Waals surface area contributed by atoms with Crippen molar-refractivity contribution in [3.63, 3.8) is 0 Å². The SMILES string of the molecule is CC1(C)C(=O)N(O)C2(C)CCC1C2. The summed E-state index contributed by atoms with van der Waals surface area (Å²) in [4.78, 5) is 11.8. The van der Waals surface area contributed by atoms with Gasteiger partial charge in [0, 0.05) is 5.41 Å². The number of hydrogen-bond donors (Lipinski definition) is 1. The highest BCUT2D eigenvalue weighted by Crippen LogP contribution is 2.52. The fourth-order valence-electron chi connectivity index (χ4n) is 2.72. The molecule has 2 bridgehead atoms.